The van der Waals surface area contributed by atoms with Crippen LogP contribution in [0.5, 0.6) is 0 Å². The van der Waals surface area contributed by atoms with Crippen molar-refractivity contribution in [3.8, 4) is 0 Å². The molecule has 0 radical (unpaired) electrons. The molecule has 0 saturated carbocycles. The van der Waals surface area contributed by atoms with E-state index in [0.29, 0.717) is 12.0 Å². The van der Waals surface area contributed by atoms with Crippen LogP contribution in [-0.4, -0.2) is 14.9 Å². The molecule has 96 valence electrons. The zero-order chi connectivity index (χ0) is 13.1. The summed E-state index contributed by atoms with van der Waals surface area (Å²) < 4.78 is 27.9. The predicted molar refractivity (Wildman–Crippen MR) is 62.9 cm³/mol. The molecular weight excluding hydrogens is 238 g/mol. The molecule has 1 heterocycles. The number of benzene rings is 1. The third-order valence-electron chi connectivity index (χ3n) is 2.76. The van der Waals surface area contributed by atoms with E-state index < -0.39 is 17.7 Å². The normalized spacial score (nSPS) is 12.7. The molecule has 1 N–H and O–H groups in total. The van der Waals surface area contributed by atoms with Gasteiger partial charge in [0.25, 0.3) is 0 Å². The SMILES string of the molecule is CCC(O)c1cnn(Cc2cc(F)ccc2F)c1. The number of aliphatic hydroxyl groups excluding tert-OH is 1. The van der Waals surface area contributed by atoms with E-state index in [0.717, 1.165) is 18.2 Å². The molecule has 5 heteroatoms. The summed E-state index contributed by atoms with van der Waals surface area (Å²) in [5.41, 5.74) is 0.907. The third kappa shape index (κ3) is 2.73. The molecule has 0 spiro atoms. The molecular formula is C13H14F2N2O. The van der Waals surface area contributed by atoms with Crippen LogP contribution in [0.15, 0.2) is 30.6 Å². The molecule has 2 aromatic rings. The minimum absolute atomic E-state index is 0.139. The fourth-order valence-electron chi connectivity index (χ4n) is 1.71. The Morgan fingerprint density at radius 1 is 1.39 bits per heavy atom. The van der Waals surface area contributed by atoms with Crippen LogP contribution in [0.25, 0.3) is 0 Å². The molecule has 0 bridgehead atoms. The lowest BCUT2D eigenvalue weighted by Crippen LogP contribution is -2.03. The first-order valence-electron chi connectivity index (χ1n) is 5.74. The number of halogens is 2. The number of hydrogen-bond acceptors (Lipinski definition) is 2. The summed E-state index contributed by atoms with van der Waals surface area (Å²) >= 11 is 0. The summed E-state index contributed by atoms with van der Waals surface area (Å²) in [6.45, 7) is 1.99. The highest BCUT2D eigenvalue weighted by Crippen LogP contribution is 2.16. The van der Waals surface area contributed by atoms with Gasteiger partial charge >= 0.3 is 0 Å². The van der Waals surface area contributed by atoms with Gasteiger partial charge in [-0.05, 0) is 24.6 Å². The Labute approximate surface area is 104 Å². The fourth-order valence-corrected chi connectivity index (χ4v) is 1.71. The summed E-state index contributed by atoms with van der Waals surface area (Å²) in [7, 11) is 0. The van der Waals surface area contributed by atoms with Crippen molar-refractivity contribution >= 4 is 0 Å². The monoisotopic (exact) mass is 252 g/mol. The molecule has 1 aromatic heterocycles. The summed E-state index contributed by atoms with van der Waals surface area (Å²) in [5, 5.41) is 13.6. The van der Waals surface area contributed by atoms with Gasteiger partial charge < -0.3 is 5.11 Å². The number of aliphatic hydroxyl groups is 1. The molecule has 0 aliphatic rings. The molecule has 0 aliphatic carbocycles. The van der Waals surface area contributed by atoms with E-state index in [9.17, 15) is 13.9 Å². The molecule has 18 heavy (non-hydrogen) atoms. The van der Waals surface area contributed by atoms with Crippen LogP contribution in [0.4, 0.5) is 8.78 Å². The van der Waals surface area contributed by atoms with Gasteiger partial charge in [0.1, 0.15) is 11.6 Å². The lowest BCUT2D eigenvalue weighted by molar-refractivity contribution is 0.173. The predicted octanol–water partition coefficient (Wildman–Crippen LogP) is 2.65. The number of nitrogens with zero attached hydrogens (tertiary/aromatic N) is 2. The quantitative estimate of drug-likeness (QED) is 0.908. The van der Waals surface area contributed by atoms with Gasteiger partial charge in [-0.3, -0.25) is 4.68 Å². The maximum atomic E-state index is 13.4. The zero-order valence-corrected chi connectivity index (χ0v) is 9.98. The summed E-state index contributed by atoms with van der Waals surface area (Å²) in [4.78, 5) is 0. The minimum Gasteiger partial charge on any atom is -0.388 e. The largest absolute Gasteiger partial charge is 0.388 e. The second-order valence-corrected chi connectivity index (χ2v) is 4.13. The first-order valence-corrected chi connectivity index (χ1v) is 5.74. The Kier molecular flexibility index (Phi) is 3.72. The van der Waals surface area contributed by atoms with Crippen LogP contribution in [0, 0.1) is 11.6 Å². The highest BCUT2D eigenvalue weighted by molar-refractivity contribution is 5.19. The number of hydrogen-bond donors (Lipinski definition) is 1. The molecule has 3 nitrogen and oxygen atoms in total. The molecule has 1 unspecified atom stereocenters. The Morgan fingerprint density at radius 2 is 2.17 bits per heavy atom. The first-order chi connectivity index (χ1) is 8.60. The molecule has 2 rings (SSSR count). The van der Waals surface area contributed by atoms with E-state index in [1.807, 2.05) is 6.92 Å². The van der Waals surface area contributed by atoms with Gasteiger partial charge in [0.2, 0.25) is 0 Å². The summed E-state index contributed by atoms with van der Waals surface area (Å²) in [6, 6.07) is 3.32. The number of rotatable bonds is 4. The van der Waals surface area contributed by atoms with Gasteiger partial charge in [-0.25, -0.2) is 8.78 Å². The van der Waals surface area contributed by atoms with Crippen LogP contribution < -0.4 is 0 Å². The first kappa shape index (κ1) is 12.7. The van der Waals surface area contributed by atoms with Crippen molar-refractivity contribution in [1.29, 1.82) is 0 Å². The Bertz CT molecular complexity index is 540. The van der Waals surface area contributed by atoms with E-state index in [4.69, 9.17) is 0 Å². The lowest BCUT2D eigenvalue weighted by atomic mass is 10.1. The van der Waals surface area contributed by atoms with E-state index >= 15 is 0 Å². The lowest BCUT2D eigenvalue weighted by Gasteiger charge is -2.05. The van der Waals surface area contributed by atoms with Crippen molar-refractivity contribution < 1.29 is 13.9 Å². The maximum absolute atomic E-state index is 13.4. The fraction of sp³-hybridized carbons (Fsp3) is 0.308. The molecule has 1 aromatic carbocycles. The van der Waals surface area contributed by atoms with Gasteiger partial charge in [0.15, 0.2) is 0 Å². The molecule has 0 saturated heterocycles. The highest BCUT2D eigenvalue weighted by atomic mass is 19.1. The average molecular weight is 252 g/mol. The Hall–Kier alpha value is -1.75. The molecule has 0 fully saturated rings. The van der Waals surface area contributed by atoms with E-state index in [2.05, 4.69) is 5.10 Å². The van der Waals surface area contributed by atoms with Crippen molar-refractivity contribution in [1.82, 2.24) is 9.78 Å². The van der Waals surface area contributed by atoms with E-state index in [-0.39, 0.29) is 12.1 Å². The van der Waals surface area contributed by atoms with Crippen molar-refractivity contribution in [2.24, 2.45) is 0 Å². The van der Waals surface area contributed by atoms with E-state index in [1.54, 1.807) is 6.20 Å². The van der Waals surface area contributed by atoms with E-state index in [1.165, 1.54) is 10.9 Å². The molecule has 0 amide bonds. The van der Waals surface area contributed by atoms with Crippen molar-refractivity contribution in [2.75, 3.05) is 0 Å². The van der Waals surface area contributed by atoms with Gasteiger partial charge in [-0.1, -0.05) is 6.92 Å². The van der Waals surface area contributed by atoms with Crippen molar-refractivity contribution in [2.45, 2.75) is 26.0 Å². The van der Waals surface area contributed by atoms with Gasteiger partial charge in [-0.2, -0.15) is 5.10 Å². The smallest absolute Gasteiger partial charge is 0.128 e. The maximum Gasteiger partial charge on any atom is 0.128 e. The Morgan fingerprint density at radius 3 is 2.89 bits per heavy atom. The average Bonchev–Trinajstić information content (AvgIpc) is 2.81. The third-order valence-corrected chi connectivity index (χ3v) is 2.76. The second-order valence-electron chi connectivity index (χ2n) is 4.13. The van der Waals surface area contributed by atoms with Crippen LogP contribution >= 0.6 is 0 Å². The van der Waals surface area contributed by atoms with Crippen LogP contribution in [-0.2, 0) is 6.54 Å². The number of aromatic nitrogens is 2. The topological polar surface area (TPSA) is 38.1 Å². The molecule has 0 aliphatic heterocycles. The summed E-state index contributed by atoms with van der Waals surface area (Å²) in [5.74, 6) is -0.947. The minimum atomic E-state index is -0.573. The zero-order valence-electron chi connectivity index (χ0n) is 9.98. The van der Waals surface area contributed by atoms with Crippen LogP contribution in [0.3, 0.4) is 0 Å². The van der Waals surface area contributed by atoms with Gasteiger partial charge in [0, 0.05) is 17.3 Å². The van der Waals surface area contributed by atoms with Crippen LogP contribution in [0.2, 0.25) is 0 Å². The second kappa shape index (κ2) is 5.27. The van der Waals surface area contributed by atoms with Crippen LogP contribution in [0.1, 0.15) is 30.6 Å². The highest BCUT2D eigenvalue weighted by Gasteiger charge is 2.09. The summed E-state index contributed by atoms with van der Waals surface area (Å²) in [6.07, 6.45) is 3.18. The van der Waals surface area contributed by atoms with Gasteiger partial charge in [0.05, 0.1) is 18.8 Å². The molecule has 1 atom stereocenters. The van der Waals surface area contributed by atoms with Crippen molar-refractivity contribution in [3.63, 3.8) is 0 Å². The Balaban J connectivity index is 2.18. The standard InChI is InChI=1S/C13H14F2N2O/c1-2-13(18)10-6-16-17(8-10)7-9-5-11(14)3-4-12(9)15/h3-6,8,13,18H,2,7H2,1H3. The van der Waals surface area contributed by atoms with Crippen molar-refractivity contribution in [3.05, 3.63) is 53.4 Å². The van der Waals surface area contributed by atoms with Gasteiger partial charge in [-0.15, -0.1) is 0 Å².